The maximum Gasteiger partial charge on any atom is 0.263 e. The van der Waals surface area contributed by atoms with Gasteiger partial charge in [0.25, 0.3) is 10.0 Å². The van der Waals surface area contributed by atoms with Gasteiger partial charge in [0, 0.05) is 12.7 Å². The van der Waals surface area contributed by atoms with Crippen LogP contribution < -0.4 is 10.5 Å². The number of nitrogens with two attached hydrogens (primary N) is 1. The first-order valence-corrected chi connectivity index (χ1v) is 7.24. The van der Waals surface area contributed by atoms with Gasteiger partial charge in [-0.15, -0.1) is 0 Å². The van der Waals surface area contributed by atoms with Crippen molar-refractivity contribution >= 4 is 15.8 Å². The summed E-state index contributed by atoms with van der Waals surface area (Å²) in [5.74, 6) is 0.300. The van der Waals surface area contributed by atoms with Crippen molar-refractivity contribution in [3.63, 3.8) is 0 Å². The quantitative estimate of drug-likeness (QED) is 0.889. The van der Waals surface area contributed by atoms with Gasteiger partial charge >= 0.3 is 0 Å². The summed E-state index contributed by atoms with van der Waals surface area (Å²) in [6.45, 7) is 2.27. The molecule has 0 bridgehead atoms. The second kappa shape index (κ2) is 5.38. The van der Waals surface area contributed by atoms with Crippen molar-refractivity contribution in [1.29, 1.82) is 0 Å². The average molecular weight is 277 g/mol. The molecule has 6 heteroatoms. The fraction of sp³-hybridized carbons (Fsp3) is 0.154. The van der Waals surface area contributed by atoms with Crippen molar-refractivity contribution < 1.29 is 8.42 Å². The van der Waals surface area contributed by atoms with E-state index in [-0.39, 0.29) is 4.90 Å². The zero-order valence-electron chi connectivity index (χ0n) is 10.5. The van der Waals surface area contributed by atoms with Crippen LogP contribution in [0.1, 0.15) is 11.1 Å². The summed E-state index contributed by atoms with van der Waals surface area (Å²) in [6, 6.07) is 9.86. The van der Waals surface area contributed by atoms with Gasteiger partial charge in [0.2, 0.25) is 0 Å². The summed E-state index contributed by atoms with van der Waals surface area (Å²) in [4.78, 5) is 4.20. The lowest BCUT2D eigenvalue weighted by molar-refractivity contribution is 0.601. The molecule has 0 fully saturated rings. The number of aryl methyl sites for hydroxylation is 1. The molecule has 2 aromatic rings. The third kappa shape index (κ3) is 3.30. The number of benzene rings is 1. The van der Waals surface area contributed by atoms with Crippen LogP contribution in [0.2, 0.25) is 0 Å². The Morgan fingerprint density at radius 3 is 2.37 bits per heavy atom. The second-order valence-electron chi connectivity index (χ2n) is 4.17. The van der Waals surface area contributed by atoms with Gasteiger partial charge in [0.1, 0.15) is 5.82 Å². The summed E-state index contributed by atoms with van der Waals surface area (Å²) in [6.07, 6.45) is 1.61. The first-order valence-electron chi connectivity index (χ1n) is 5.76. The number of pyridine rings is 1. The van der Waals surface area contributed by atoms with Gasteiger partial charge in [0.15, 0.2) is 0 Å². The minimum absolute atomic E-state index is 0.187. The number of aromatic nitrogens is 1. The molecule has 0 saturated heterocycles. The van der Waals surface area contributed by atoms with Gasteiger partial charge in [-0.25, -0.2) is 13.4 Å². The van der Waals surface area contributed by atoms with E-state index < -0.39 is 10.0 Å². The van der Waals surface area contributed by atoms with Crippen LogP contribution in [0.25, 0.3) is 0 Å². The van der Waals surface area contributed by atoms with Crippen molar-refractivity contribution in [2.24, 2.45) is 5.73 Å². The lowest BCUT2D eigenvalue weighted by Crippen LogP contribution is -2.14. The van der Waals surface area contributed by atoms with E-state index in [1.807, 2.05) is 6.92 Å². The Morgan fingerprint density at radius 1 is 1.16 bits per heavy atom. The monoisotopic (exact) mass is 277 g/mol. The van der Waals surface area contributed by atoms with Crippen molar-refractivity contribution in [2.45, 2.75) is 18.4 Å². The van der Waals surface area contributed by atoms with E-state index in [2.05, 4.69) is 9.71 Å². The molecule has 0 spiro atoms. The molecule has 0 radical (unpaired) electrons. The molecule has 1 aromatic carbocycles. The van der Waals surface area contributed by atoms with Gasteiger partial charge < -0.3 is 5.73 Å². The highest BCUT2D eigenvalue weighted by Gasteiger charge is 2.14. The van der Waals surface area contributed by atoms with Gasteiger partial charge in [-0.1, -0.05) is 18.2 Å². The molecular weight excluding hydrogens is 262 g/mol. The smallest absolute Gasteiger partial charge is 0.263 e. The highest BCUT2D eigenvalue weighted by Crippen LogP contribution is 2.15. The molecular formula is C13H15N3O2S. The number of hydrogen-bond acceptors (Lipinski definition) is 4. The van der Waals surface area contributed by atoms with E-state index in [1.54, 1.807) is 30.5 Å². The Bertz CT molecular complexity index is 649. The summed E-state index contributed by atoms with van der Waals surface area (Å²) in [5, 5.41) is 0. The molecule has 0 aliphatic rings. The van der Waals surface area contributed by atoms with E-state index in [0.717, 1.165) is 11.1 Å². The van der Waals surface area contributed by atoms with Gasteiger partial charge in [0.05, 0.1) is 4.90 Å². The van der Waals surface area contributed by atoms with Crippen LogP contribution in [0.5, 0.6) is 0 Å². The minimum Gasteiger partial charge on any atom is -0.326 e. The summed E-state index contributed by atoms with van der Waals surface area (Å²) in [5.41, 5.74) is 7.32. The van der Waals surface area contributed by atoms with E-state index in [4.69, 9.17) is 5.73 Å². The molecule has 1 aromatic heterocycles. The van der Waals surface area contributed by atoms with Crippen LogP contribution in [0, 0.1) is 6.92 Å². The van der Waals surface area contributed by atoms with E-state index in [9.17, 15) is 8.42 Å². The largest absolute Gasteiger partial charge is 0.326 e. The maximum absolute atomic E-state index is 12.1. The number of rotatable bonds is 4. The number of nitrogens with one attached hydrogen (secondary N) is 1. The molecule has 0 unspecified atom stereocenters. The number of hydrogen-bond donors (Lipinski definition) is 2. The molecule has 0 amide bonds. The highest BCUT2D eigenvalue weighted by atomic mass is 32.2. The fourth-order valence-corrected chi connectivity index (χ4v) is 2.54. The van der Waals surface area contributed by atoms with Crippen molar-refractivity contribution in [3.05, 3.63) is 53.7 Å². The molecule has 19 heavy (non-hydrogen) atoms. The Morgan fingerprint density at radius 2 is 1.84 bits per heavy atom. The fourth-order valence-electron chi connectivity index (χ4n) is 1.53. The number of sulfonamides is 1. The number of nitrogens with zero attached hydrogens (tertiary/aromatic N) is 1. The average Bonchev–Trinajstić information content (AvgIpc) is 2.41. The first-order chi connectivity index (χ1) is 9.01. The molecule has 3 N–H and O–H groups in total. The molecule has 2 rings (SSSR count). The molecule has 1 heterocycles. The Balaban J connectivity index is 2.24. The number of anilines is 1. The van der Waals surface area contributed by atoms with Gasteiger partial charge in [-0.05, 0) is 36.2 Å². The van der Waals surface area contributed by atoms with E-state index in [0.29, 0.717) is 12.4 Å². The van der Waals surface area contributed by atoms with Crippen LogP contribution >= 0.6 is 0 Å². The highest BCUT2D eigenvalue weighted by molar-refractivity contribution is 7.92. The van der Waals surface area contributed by atoms with E-state index >= 15 is 0 Å². The van der Waals surface area contributed by atoms with Crippen LogP contribution in [0.15, 0.2) is 47.5 Å². The second-order valence-corrected chi connectivity index (χ2v) is 5.86. The molecule has 100 valence electrons. The third-order valence-electron chi connectivity index (χ3n) is 2.62. The normalized spacial score (nSPS) is 11.3. The topological polar surface area (TPSA) is 85.1 Å². The minimum atomic E-state index is -3.60. The zero-order valence-corrected chi connectivity index (χ0v) is 11.3. The van der Waals surface area contributed by atoms with Crippen molar-refractivity contribution in [2.75, 3.05) is 4.72 Å². The SMILES string of the molecule is Cc1ccc(NS(=O)(=O)c2ccc(CN)cc2)nc1. The predicted molar refractivity (Wildman–Crippen MR) is 74.1 cm³/mol. The predicted octanol–water partition coefficient (Wildman–Crippen LogP) is 1.65. The molecule has 5 nitrogen and oxygen atoms in total. The van der Waals surface area contributed by atoms with Gasteiger partial charge in [-0.2, -0.15) is 0 Å². The molecule has 0 aliphatic heterocycles. The van der Waals surface area contributed by atoms with Gasteiger partial charge in [-0.3, -0.25) is 4.72 Å². The third-order valence-corrected chi connectivity index (χ3v) is 3.99. The van der Waals surface area contributed by atoms with E-state index in [1.165, 1.54) is 12.1 Å². The summed E-state index contributed by atoms with van der Waals surface area (Å²) < 4.78 is 26.6. The van der Waals surface area contributed by atoms with Crippen LogP contribution in [-0.4, -0.2) is 13.4 Å². The lowest BCUT2D eigenvalue weighted by atomic mass is 10.2. The Kier molecular flexibility index (Phi) is 3.82. The Labute approximate surface area is 112 Å². The molecule has 0 aliphatic carbocycles. The van der Waals surface area contributed by atoms with Crippen LogP contribution in [0.3, 0.4) is 0 Å². The lowest BCUT2D eigenvalue weighted by Gasteiger charge is -2.08. The molecule has 0 atom stereocenters. The van der Waals surface area contributed by atoms with Crippen molar-refractivity contribution in [3.8, 4) is 0 Å². The summed E-state index contributed by atoms with van der Waals surface area (Å²) in [7, 11) is -3.60. The standard InChI is InChI=1S/C13H15N3O2S/c1-10-2-7-13(15-9-10)16-19(17,18)12-5-3-11(8-14)4-6-12/h2-7,9H,8,14H2,1H3,(H,15,16). The van der Waals surface area contributed by atoms with Crippen LogP contribution in [0.4, 0.5) is 5.82 Å². The molecule has 0 saturated carbocycles. The van der Waals surface area contributed by atoms with Crippen LogP contribution in [-0.2, 0) is 16.6 Å². The first kappa shape index (κ1) is 13.5. The zero-order chi connectivity index (χ0) is 13.9. The Hall–Kier alpha value is -1.92. The van der Waals surface area contributed by atoms with Crippen molar-refractivity contribution in [1.82, 2.24) is 4.98 Å². The summed E-state index contributed by atoms with van der Waals surface area (Å²) >= 11 is 0. The maximum atomic E-state index is 12.1.